The second-order valence-corrected chi connectivity index (χ2v) is 4.43. The maximum atomic E-state index is 9.65. The fraction of sp³-hybridized carbons (Fsp3) is 0.800. The van der Waals surface area contributed by atoms with Crippen molar-refractivity contribution in [2.24, 2.45) is 0 Å². The summed E-state index contributed by atoms with van der Waals surface area (Å²) in [5.74, 6) is -2.83. The molecular formula is C15H27O6Rh. The molecule has 6 nitrogen and oxygen atoms in total. The van der Waals surface area contributed by atoms with Crippen LogP contribution >= 0.6 is 0 Å². The van der Waals surface area contributed by atoms with Crippen LogP contribution in [-0.2, 0) is 33.9 Å². The van der Waals surface area contributed by atoms with E-state index in [1.54, 1.807) is 0 Å². The number of carbonyl (C=O) groups excluding carboxylic acids is 3. The maximum Gasteiger partial charge on any atom is 3.00 e. The summed E-state index contributed by atoms with van der Waals surface area (Å²) < 4.78 is 0. The first kappa shape index (κ1) is 29.1. The molecule has 0 aromatic carbocycles. The van der Waals surface area contributed by atoms with E-state index in [1.165, 1.54) is 0 Å². The van der Waals surface area contributed by atoms with Crippen LogP contribution in [0.25, 0.3) is 0 Å². The van der Waals surface area contributed by atoms with E-state index in [1.807, 2.05) is 20.8 Å². The average Bonchev–Trinajstić information content (AvgIpc) is 2.41. The molecule has 0 N–H and O–H groups in total. The first-order valence-electron chi connectivity index (χ1n) is 7.41. The molecule has 0 atom stereocenters. The van der Waals surface area contributed by atoms with E-state index in [0.29, 0.717) is 0 Å². The van der Waals surface area contributed by atoms with Crippen molar-refractivity contribution in [2.45, 2.75) is 78.6 Å². The molecular weight excluding hydrogens is 379 g/mol. The summed E-state index contributed by atoms with van der Waals surface area (Å²) in [7, 11) is 0. The molecule has 0 fully saturated rings. The van der Waals surface area contributed by atoms with Gasteiger partial charge >= 0.3 is 19.5 Å². The first-order chi connectivity index (χ1) is 9.81. The van der Waals surface area contributed by atoms with Crippen molar-refractivity contribution >= 4 is 17.9 Å². The molecule has 0 aliphatic heterocycles. The van der Waals surface area contributed by atoms with Gasteiger partial charge in [-0.2, -0.15) is 0 Å². The van der Waals surface area contributed by atoms with Crippen molar-refractivity contribution in [3.05, 3.63) is 0 Å². The van der Waals surface area contributed by atoms with E-state index in [4.69, 9.17) is 0 Å². The van der Waals surface area contributed by atoms with Crippen molar-refractivity contribution in [1.82, 2.24) is 0 Å². The largest absolute Gasteiger partial charge is 3.00 e. The molecule has 0 saturated heterocycles. The summed E-state index contributed by atoms with van der Waals surface area (Å²) in [6.45, 7) is 5.84. The van der Waals surface area contributed by atoms with Crippen LogP contribution in [-0.4, -0.2) is 17.9 Å². The molecule has 22 heavy (non-hydrogen) atoms. The van der Waals surface area contributed by atoms with Crippen LogP contribution in [0.1, 0.15) is 78.6 Å². The number of carbonyl (C=O) groups is 3. The molecule has 0 aliphatic carbocycles. The second kappa shape index (κ2) is 25.0. The number of carboxylic acids is 3. The Morgan fingerprint density at radius 2 is 0.773 bits per heavy atom. The number of rotatable bonds is 9. The number of unbranched alkanes of at least 4 members (excludes halogenated alkanes) is 3. The Labute approximate surface area is 146 Å². The first-order valence-corrected chi connectivity index (χ1v) is 7.41. The van der Waals surface area contributed by atoms with Crippen molar-refractivity contribution < 1.29 is 49.2 Å². The van der Waals surface area contributed by atoms with Gasteiger partial charge in [-0.3, -0.25) is 0 Å². The van der Waals surface area contributed by atoms with Gasteiger partial charge in [-0.25, -0.2) is 0 Å². The molecule has 0 aromatic heterocycles. The molecule has 0 bridgehead atoms. The van der Waals surface area contributed by atoms with Crippen LogP contribution in [0.5, 0.6) is 0 Å². The fourth-order valence-electron chi connectivity index (χ4n) is 0.963. The molecule has 0 amide bonds. The minimum atomic E-state index is -0.943. The summed E-state index contributed by atoms with van der Waals surface area (Å²) in [5.41, 5.74) is 0. The molecule has 0 radical (unpaired) electrons. The molecule has 7 heteroatoms. The molecule has 0 aliphatic rings. The molecule has 0 aromatic rings. The molecule has 0 saturated carbocycles. The quantitative estimate of drug-likeness (QED) is 0.488. The van der Waals surface area contributed by atoms with Gasteiger partial charge in [0.05, 0.1) is 0 Å². The molecule has 0 unspecified atom stereocenters. The van der Waals surface area contributed by atoms with E-state index in [9.17, 15) is 29.7 Å². The van der Waals surface area contributed by atoms with Crippen molar-refractivity contribution in [1.29, 1.82) is 0 Å². The Kier molecular flexibility index (Phi) is 33.1. The topological polar surface area (TPSA) is 120 Å². The van der Waals surface area contributed by atoms with Gasteiger partial charge in [-0.15, -0.1) is 0 Å². The Balaban J connectivity index is -0.000000108. The zero-order valence-electron chi connectivity index (χ0n) is 13.6. The zero-order valence-corrected chi connectivity index (χ0v) is 15.3. The zero-order chi connectivity index (χ0) is 17.1. The Morgan fingerprint density at radius 1 is 0.591 bits per heavy atom. The molecule has 0 rings (SSSR count). The van der Waals surface area contributed by atoms with Gasteiger partial charge in [0.2, 0.25) is 0 Å². The smallest absolute Gasteiger partial charge is 0.550 e. The van der Waals surface area contributed by atoms with Gasteiger partial charge < -0.3 is 29.7 Å². The summed E-state index contributed by atoms with van der Waals surface area (Å²) in [4.78, 5) is 28.9. The van der Waals surface area contributed by atoms with Crippen LogP contribution in [0.2, 0.25) is 0 Å². The standard InChI is InChI=1S/3C5H10O2.Rh/c3*1-2-3-4-5(6)7;/h3*2-4H2,1H3,(H,6,7);/q;;;+3/p-3. The number of hydrogen-bond acceptors (Lipinski definition) is 6. The van der Waals surface area contributed by atoms with E-state index >= 15 is 0 Å². The normalized spacial score (nSPS) is 8.32. The van der Waals surface area contributed by atoms with E-state index in [-0.39, 0.29) is 38.7 Å². The van der Waals surface area contributed by atoms with E-state index in [2.05, 4.69) is 0 Å². The SMILES string of the molecule is CCCCC(=O)[O-].CCCCC(=O)[O-].CCCCC(=O)[O-].[Rh+3]. The predicted molar refractivity (Wildman–Crippen MR) is 73.6 cm³/mol. The van der Waals surface area contributed by atoms with Gasteiger partial charge in [0.1, 0.15) is 0 Å². The summed E-state index contributed by atoms with van der Waals surface area (Å²) in [6.07, 6.45) is 5.60. The van der Waals surface area contributed by atoms with Gasteiger partial charge in [0.25, 0.3) is 0 Å². The van der Waals surface area contributed by atoms with E-state index < -0.39 is 17.9 Å². The maximum absolute atomic E-state index is 9.65. The average molecular weight is 406 g/mol. The van der Waals surface area contributed by atoms with Crippen LogP contribution in [0.4, 0.5) is 0 Å². The van der Waals surface area contributed by atoms with Gasteiger partial charge in [-0.05, 0) is 38.5 Å². The third kappa shape index (κ3) is 50.8. The Bertz CT molecular complexity index is 226. The van der Waals surface area contributed by atoms with Crippen LogP contribution < -0.4 is 15.3 Å². The summed E-state index contributed by atoms with van der Waals surface area (Å²) in [6, 6.07) is 0. The van der Waals surface area contributed by atoms with Crippen LogP contribution in [0.15, 0.2) is 0 Å². The van der Waals surface area contributed by atoms with Crippen molar-refractivity contribution in [2.75, 3.05) is 0 Å². The minimum absolute atomic E-state index is 0. The van der Waals surface area contributed by atoms with Crippen LogP contribution in [0, 0.1) is 0 Å². The second-order valence-electron chi connectivity index (χ2n) is 4.43. The molecule has 0 heterocycles. The van der Waals surface area contributed by atoms with Crippen molar-refractivity contribution in [3.63, 3.8) is 0 Å². The summed E-state index contributed by atoms with van der Waals surface area (Å²) in [5, 5.41) is 28.9. The van der Waals surface area contributed by atoms with Crippen LogP contribution in [0.3, 0.4) is 0 Å². The Morgan fingerprint density at radius 3 is 0.818 bits per heavy atom. The monoisotopic (exact) mass is 406 g/mol. The van der Waals surface area contributed by atoms with Crippen molar-refractivity contribution in [3.8, 4) is 0 Å². The fourth-order valence-corrected chi connectivity index (χ4v) is 0.963. The number of aliphatic carboxylic acids is 3. The minimum Gasteiger partial charge on any atom is -0.550 e. The number of hydrogen-bond donors (Lipinski definition) is 0. The van der Waals surface area contributed by atoms with Gasteiger partial charge in [0, 0.05) is 17.9 Å². The van der Waals surface area contributed by atoms with Gasteiger partial charge in [-0.1, -0.05) is 40.0 Å². The number of carboxylic acid groups (broad SMARTS) is 3. The Hall–Kier alpha value is -0.967. The van der Waals surface area contributed by atoms with E-state index in [0.717, 1.165) is 38.5 Å². The third-order valence-electron chi connectivity index (χ3n) is 2.20. The van der Waals surface area contributed by atoms with Gasteiger partial charge in [0.15, 0.2) is 0 Å². The molecule has 0 spiro atoms. The third-order valence-corrected chi connectivity index (χ3v) is 2.20. The predicted octanol–water partition coefficient (Wildman–Crippen LogP) is -0.223. The molecule has 132 valence electrons. The summed E-state index contributed by atoms with van der Waals surface area (Å²) >= 11 is 0.